The topological polar surface area (TPSA) is 57.3 Å². The van der Waals surface area contributed by atoms with Crippen LogP contribution in [0.2, 0.25) is 0 Å². The summed E-state index contributed by atoms with van der Waals surface area (Å²) < 4.78 is 27.2. The Labute approximate surface area is 116 Å². The zero-order valence-corrected chi connectivity index (χ0v) is 11.5. The molecule has 0 bridgehead atoms. The molecule has 20 heavy (non-hydrogen) atoms. The predicted molar refractivity (Wildman–Crippen MR) is 72.8 cm³/mol. The number of rotatable bonds is 3. The van der Waals surface area contributed by atoms with Crippen molar-refractivity contribution in [2.24, 2.45) is 0 Å². The summed E-state index contributed by atoms with van der Waals surface area (Å²) in [6, 6.07) is 0.949. The molecule has 1 aliphatic rings. The fraction of sp³-hybridized carbons (Fsp3) is 0.538. The smallest absolute Gasteiger partial charge is 0.217 e. The van der Waals surface area contributed by atoms with Crippen LogP contribution in [-0.4, -0.2) is 37.1 Å². The van der Waals surface area contributed by atoms with Crippen LogP contribution < -0.4 is 15.5 Å². The van der Waals surface area contributed by atoms with E-state index in [0.717, 1.165) is 6.07 Å². The van der Waals surface area contributed by atoms with Crippen LogP contribution in [0.25, 0.3) is 0 Å². The van der Waals surface area contributed by atoms with Gasteiger partial charge >= 0.3 is 0 Å². The average molecular weight is 284 g/mol. The van der Waals surface area contributed by atoms with Crippen molar-refractivity contribution in [3.63, 3.8) is 0 Å². The molecule has 0 radical (unpaired) electrons. The van der Waals surface area contributed by atoms with Gasteiger partial charge in [0, 0.05) is 39.2 Å². The molecule has 110 valence electrons. The zero-order chi connectivity index (χ0) is 14.7. The van der Waals surface area contributed by atoms with Crippen molar-refractivity contribution in [1.82, 2.24) is 10.3 Å². The Morgan fingerprint density at radius 3 is 2.55 bits per heavy atom. The van der Waals surface area contributed by atoms with E-state index in [1.165, 1.54) is 14.0 Å². The van der Waals surface area contributed by atoms with Crippen LogP contribution in [0.1, 0.15) is 19.8 Å². The first kappa shape index (κ1) is 14.5. The zero-order valence-electron chi connectivity index (χ0n) is 11.5. The maximum atomic E-state index is 13.8. The van der Waals surface area contributed by atoms with Gasteiger partial charge in [0.1, 0.15) is 0 Å². The van der Waals surface area contributed by atoms with Gasteiger partial charge in [0.05, 0.1) is 0 Å². The SMILES string of the molecule is CNc1nc(N2CCC(NC(C)=O)CC2)c(F)cc1F. The number of halogens is 2. The summed E-state index contributed by atoms with van der Waals surface area (Å²) in [5.41, 5.74) is 0. The third-order valence-electron chi connectivity index (χ3n) is 3.35. The average Bonchev–Trinajstić information content (AvgIpc) is 2.39. The molecule has 1 aromatic rings. The van der Waals surface area contributed by atoms with E-state index in [4.69, 9.17) is 0 Å². The normalized spacial score (nSPS) is 16.1. The Balaban J connectivity index is 2.08. The Kier molecular flexibility index (Phi) is 4.36. The third kappa shape index (κ3) is 3.15. The van der Waals surface area contributed by atoms with Gasteiger partial charge in [-0.05, 0) is 12.8 Å². The number of amides is 1. The summed E-state index contributed by atoms with van der Waals surface area (Å²) in [5, 5.41) is 5.45. The van der Waals surface area contributed by atoms with Crippen LogP contribution in [0, 0.1) is 11.6 Å². The van der Waals surface area contributed by atoms with E-state index in [2.05, 4.69) is 15.6 Å². The fourth-order valence-electron chi connectivity index (χ4n) is 2.38. The van der Waals surface area contributed by atoms with E-state index in [-0.39, 0.29) is 23.6 Å². The Hall–Kier alpha value is -1.92. The lowest BCUT2D eigenvalue weighted by molar-refractivity contribution is -0.119. The van der Waals surface area contributed by atoms with E-state index in [1.807, 2.05) is 0 Å². The van der Waals surface area contributed by atoms with Crippen LogP contribution in [-0.2, 0) is 4.79 Å². The van der Waals surface area contributed by atoms with Crippen LogP contribution >= 0.6 is 0 Å². The monoisotopic (exact) mass is 284 g/mol. The van der Waals surface area contributed by atoms with E-state index < -0.39 is 11.6 Å². The van der Waals surface area contributed by atoms with Crippen molar-refractivity contribution in [2.75, 3.05) is 30.4 Å². The molecule has 0 aliphatic carbocycles. The highest BCUT2D eigenvalue weighted by atomic mass is 19.1. The quantitative estimate of drug-likeness (QED) is 0.883. The second-order valence-electron chi connectivity index (χ2n) is 4.84. The number of anilines is 2. The Morgan fingerprint density at radius 2 is 2.00 bits per heavy atom. The maximum absolute atomic E-state index is 13.8. The lowest BCUT2D eigenvalue weighted by Gasteiger charge is -2.33. The van der Waals surface area contributed by atoms with Crippen LogP contribution in [0.3, 0.4) is 0 Å². The number of aromatic nitrogens is 1. The molecule has 7 heteroatoms. The van der Waals surface area contributed by atoms with Crippen LogP contribution in [0.5, 0.6) is 0 Å². The fourth-order valence-corrected chi connectivity index (χ4v) is 2.38. The van der Waals surface area contributed by atoms with E-state index >= 15 is 0 Å². The molecule has 1 aromatic heterocycles. The van der Waals surface area contributed by atoms with Gasteiger partial charge in [-0.25, -0.2) is 13.8 Å². The highest BCUT2D eigenvalue weighted by molar-refractivity contribution is 5.73. The molecule has 1 amide bonds. The van der Waals surface area contributed by atoms with Crippen molar-refractivity contribution in [1.29, 1.82) is 0 Å². The van der Waals surface area contributed by atoms with Gasteiger partial charge in [-0.1, -0.05) is 0 Å². The van der Waals surface area contributed by atoms with Crippen LogP contribution in [0.4, 0.5) is 20.4 Å². The van der Waals surface area contributed by atoms with Gasteiger partial charge in [0.15, 0.2) is 23.3 Å². The largest absolute Gasteiger partial charge is 0.371 e. The molecule has 2 rings (SSSR count). The third-order valence-corrected chi connectivity index (χ3v) is 3.35. The minimum absolute atomic E-state index is 0.0328. The molecule has 1 fully saturated rings. The van der Waals surface area contributed by atoms with E-state index in [0.29, 0.717) is 25.9 Å². The van der Waals surface area contributed by atoms with Gasteiger partial charge in [0.2, 0.25) is 5.91 Å². The Bertz CT molecular complexity index is 501. The summed E-state index contributed by atoms with van der Waals surface area (Å²) in [6.45, 7) is 2.63. The van der Waals surface area contributed by atoms with Crippen molar-refractivity contribution >= 4 is 17.5 Å². The molecule has 0 unspecified atom stereocenters. The van der Waals surface area contributed by atoms with Gasteiger partial charge < -0.3 is 15.5 Å². The van der Waals surface area contributed by atoms with Gasteiger partial charge in [-0.3, -0.25) is 4.79 Å². The molecule has 1 saturated heterocycles. The second-order valence-corrected chi connectivity index (χ2v) is 4.84. The minimum atomic E-state index is -0.707. The molecule has 0 aromatic carbocycles. The van der Waals surface area contributed by atoms with Gasteiger partial charge in [0.25, 0.3) is 0 Å². The highest BCUT2D eigenvalue weighted by Crippen LogP contribution is 2.24. The number of carbonyl (C=O) groups excluding carboxylic acids is 1. The lowest BCUT2D eigenvalue weighted by Crippen LogP contribution is -2.44. The first-order chi connectivity index (χ1) is 9.51. The first-order valence-electron chi connectivity index (χ1n) is 6.57. The number of nitrogens with one attached hydrogen (secondary N) is 2. The second kappa shape index (κ2) is 6.02. The molecular weight excluding hydrogens is 266 g/mol. The number of pyridine rings is 1. The summed E-state index contributed by atoms with van der Waals surface area (Å²) in [7, 11) is 1.54. The van der Waals surface area contributed by atoms with Gasteiger partial charge in [-0.2, -0.15) is 0 Å². The molecular formula is C13H18F2N4O. The molecule has 2 heterocycles. The molecule has 0 atom stereocenters. The van der Waals surface area contributed by atoms with E-state index in [9.17, 15) is 13.6 Å². The Morgan fingerprint density at radius 1 is 1.35 bits per heavy atom. The number of hydrogen-bond donors (Lipinski definition) is 2. The number of carbonyl (C=O) groups is 1. The lowest BCUT2D eigenvalue weighted by atomic mass is 10.0. The van der Waals surface area contributed by atoms with E-state index in [1.54, 1.807) is 4.90 Å². The summed E-state index contributed by atoms with van der Waals surface area (Å²) >= 11 is 0. The summed E-state index contributed by atoms with van der Waals surface area (Å²) in [4.78, 5) is 16.7. The number of piperidine rings is 1. The van der Waals surface area contributed by atoms with Gasteiger partial charge in [-0.15, -0.1) is 0 Å². The first-order valence-corrected chi connectivity index (χ1v) is 6.57. The molecule has 0 saturated carbocycles. The summed E-state index contributed by atoms with van der Waals surface area (Å²) in [5.74, 6) is -1.25. The van der Waals surface area contributed by atoms with Crippen molar-refractivity contribution in [3.8, 4) is 0 Å². The summed E-state index contributed by atoms with van der Waals surface area (Å²) in [6.07, 6.45) is 1.43. The molecule has 0 spiro atoms. The van der Waals surface area contributed by atoms with Crippen molar-refractivity contribution in [2.45, 2.75) is 25.8 Å². The predicted octanol–water partition coefficient (Wildman–Crippen LogP) is 1.51. The van der Waals surface area contributed by atoms with Crippen molar-refractivity contribution < 1.29 is 13.6 Å². The number of hydrogen-bond acceptors (Lipinski definition) is 4. The standard InChI is InChI=1S/C13H18F2N4O/c1-8(20)17-9-3-5-19(6-4-9)13-11(15)7-10(14)12(16-2)18-13/h7,9H,3-6H2,1-2H3,(H,16,18)(H,17,20). The van der Waals surface area contributed by atoms with Crippen molar-refractivity contribution in [3.05, 3.63) is 17.7 Å². The molecule has 5 nitrogen and oxygen atoms in total. The molecule has 1 aliphatic heterocycles. The number of nitrogens with zero attached hydrogens (tertiary/aromatic N) is 2. The minimum Gasteiger partial charge on any atom is -0.371 e. The van der Waals surface area contributed by atoms with Crippen LogP contribution in [0.15, 0.2) is 6.07 Å². The molecule has 2 N–H and O–H groups in total. The maximum Gasteiger partial charge on any atom is 0.217 e. The highest BCUT2D eigenvalue weighted by Gasteiger charge is 2.23.